The molecule has 0 unspecified atom stereocenters. The standard InChI is InChI=1S/C14H7Br2NO3/c15-8-1-4-10(5-2-8)17-13(18)11-7-9(16)3-6-12(11)20-14(17)19/h1-7H. The lowest BCUT2D eigenvalue weighted by atomic mass is 10.2. The molecule has 0 atom stereocenters. The number of hydrogen-bond donors (Lipinski definition) is 0. The largest absolute Gasteiger partial charge is 0.426 e. The molecule has 2 aromatic carbocycles. The number of fused-ring (bicyclic) bond motifs is 1. The lowest BCUT2D eigenvalue weighted by molar-refractivity contribution is 0.504. The van der Waals surface area contributed by atoms with Crippen LogP contribution in [0.1, 0.15) is 0 Å². The first-order chi connectivity index (χ1) is 9.56. The molecule has 0 spiro atoms. The van der Waals surface area contributed by atoms with Gasteiger partial charge in [-0.3, -0.25) is 4.79 Å². The highest BCUT2D eigenvalue weighted by molar-refractivity contribution is 9.10. The van der Waals surface area contributed by atoms with E-state index in [-0.39, 0.29) is 5.58 Å². The van der Waals surface area contributed by atoms with Crippen molar-refractivity contribution in [1.29, 1.82) is 0 Å². The van der Waals surface area contributed by atoms with Gasteiger partial charge in [-0.1, -0.05) is 31.9 Å². The Balaban J connectivity index is 2.39. The fourth-order valence-electron chi connectivity index (χ4n) is 1.91. The zero-order valence-corrected chi connectivity index (χ0v) is 13.1. The molecular weight excluding hydrogens is 390 g/mol. The lowest BCUT2D eigenvalue weighted by Crippen LogP contribution is -2.30. The molecule has 6 heteroatoms. The molecule has 0 aliphatic carbocycles. The molecule has 100 valence electrons. The number of nitrogens with zero attached hydrogens (tertiary/aromatic N) is 1. The highest BCUT2D eigenvalue weighted by atomic mass is 79.9. The van der Waals surface area contributed by atoms with Crippen molar-refractivity contribution in [3.05, 3.63) is 72.3 Å². The van der Waals surface area contributed by atoms with Gasteiger partial charge >= 0.3 is 5.76 Å². The van der Waals surface area contributed by atoms with Crippen LogP contribution in [-0.2, 0) is 0 Å². The molecule has 4 nitrogen and oxygen atoms in total. The van der Waals surface area contributed by atoms with E-state index < -0.39 is 11.3 Å². The second-order valence-electron chi connectivity index (χ2n) is 4.13. The number of benzene rings is 2. The first-order valence-corrected chi connectivity index (χ1v) is 7.26. The van der Waals surface area contributed by atoms with Gasteiger partial charge in [0.05, 0.1) is 11.1 Å². The van der Waals surface area contributed by atoms with Crippen molar-refractivity contribution in [2.75, 3.05) is 0 Å². The first-order valence-electron chi connectivity index (χ1n) is 5.67. The van der Waals surface area contributed by atoms with E-state index in [0.717, 1.165) is 13.5 Å². The molecule has 0 amide bonds. The van der Waals surface area contributed by atoms with Gasteiger partial charge in [-0.2, -0.15) is 0 Å². The topological polar surface area (TPSA) is 52.2 Å². The van der Waals surface area contributed by atoms with Gasteiger partial charge in [0.15, 0.2) is 0 Å². The van der Waals surface area contributed by atoms with Crippen LogP contribution in [0.4, 0.5) is 0 Å². The molecule has 3 rings (SSSR count). The minimum absolute atomic E-state index is 0.275. The highest BCUT2D eigenvalue weighted by Crippen LogP contribution is 2.17. The van der Waals surface area contributed by atoms with Crippen molar-refractivity contribution in [2.45, 2.75) is 0 Å². The second kappa shape index (κ2) is 5.03. The van der Waals surface area contributed by atoms with Crippen LogP contribution in [0, 0.1) is 0 Å². The van der Waals surface area contributed by atoms with Crippen LogP contribution in [-0.4, -0.2) is 4.57 Å². The predicted octanol–water partition coefficient (Wildman–Crippen LogP) is 3.47. The smallest absolute Gasteiger partial charge is 0.409 e. The highest BCUT2D eigenvalue weighted by Gasteiger charge is 2.11. The van der Waals surface area contributed by atoms with E-state index in [0.29, 0.717) is 11.1 Å². The fourth-order valence-corrected chi connectivity index (χ4v) is 2.54. The molecule has 0 bridgehead atoms. The summed E-state index contributed by atoms with van der Waals surface area (Å²) >= 11 is 6.61. The second-order valence-corrected chi connectivity index (χ2v) is 5.96. The van der Waals surface area contributed by atoms with Crippen LogP contribution in [0.15, 0.2) is 65.4 Å². The Kier molecular flexibility index (Phi) is 3.35. The van der Waals surface area contributed by atoms with E-state index >= 15 is 0 Å². The molecule has 0 saturated carbocycles. The zero-order chi connectivity index (χ0) is 14.3. The Hall–Kier alpha value is -1.66. The summed E-state index contributed by atoms with van der Waals surface area (Å²) in [6, 6.07) is 11.8. The number of hydrogen-bond acceptors (Lipinski definition) is 3. The van der Waals surface area contributed by atoms with Gasteiger partial charge in [-0.05, 0) is 42.5 Å². The molecule has 1 aromatic heterocycles. The Morgan fingerprint density at radius 3 is 2.25 bits per heavy atom. The van der Waals surface area contributed by atoms with E-state index in [4.69, 9.17) is 4.42 Å². The lowest BCUT2D eigenvalue weighted by Gasteiger charge is -2.05. The van der Waals surface area contributed by atoms with Crippen molar-refractivity contribution in [2.24, 2.45) is 0 Å². The first kappa shape index (κ1) is 13.3. The third-order valence-electron chi connectivity index (χ3n) is 2.84. The molecule has 0 aliphatic heterocycles. The molecule has 0 N–H and O–H groups in total. The van der Waals surface area contributed by atoms with Crippen molar-refractivity contribution in [3.63, 3.8) is 0 Å². The van der Waals surface area contributed by atoms with Crippen LogP contribution in [0.3, 0.4) is 0 Å². The summed E-state index contributed by atoms with van der Waals surface area (Å²) in [5.41, 5.74) is 0.338. The van der Waals surface area contributed by atoms with Gasteiger partial charge in [0, 0.05) is 8.95 Å². The van der Waals surface area contributed by atoms with Crippen molar-refractivity contribution < 1.29 is 4.42 Å². The summed E-state index contributed by atoms with van der Waals surface area (Å²) in [6.07, 6.45) is 0. The predicted molar refractivity (Wildman–Crippen MR) is 83.5 cm³/mol. The Morgan fingerprint density at radius 2 is 1.55 bits per heavy atom. The normalized spacial score (nSPS) is 10.9. The monoisotopic (exact) mass is 395 g/mol. The van der Waals surface area contributed by atoms with Crippen molar-refractivity contribution in [1.82, 2.24) is 4.57 Å². The number of halogens is 2. The Labute approximate surface area is 129 Å². The summed E-state index contributed by atoms with van der Waals surface area (Å²) in [5.74, 6) is -0.702. The summed E-state index contributed by atoms with van der Waals surface area (Å²) in [5, 5.41) is 0.349. The summed E-state index contributed by atoms with van der Waals surface area (Å²) in [4.78, 5) is 24.5. The van der Waals surface area contributed by atoms with Gasteiger partial charge in [-0.15, -0.1) is 0 Å². The minimum atomic E-state index is -0.702. The molecule has 1 heterocycles. The quantitative estimate of drug-likeness (QED) is 0.632. The molecular formula is C14H7Br2NO3. The van der Waals surface area contributed by atoms with Crippen molar-refractivity contribution >= 4 is 42.8 Å². The maximum absolute atomic E-state index is 12.5. The third kappa shape index (κ3) is 2.25. The van der Waals surface area contributed by atoms with E-state index in [1.165, 1.54) is 0 Å². The van der Waals surface area contributed by atoms with Gasteiger partial charge in [0.25, 0.3) is 5.56 Å². The Morgan fingerprint density at radius 1 is 0.900 bits per heavy atom. The SMILES string of the molecule is O=c1oc2ccc(Br)cc2c(=O)n1-c1ccc(Br)cc1. The molecule has 0 fully saturated rings. The van der Waals surface area contributed by atoms with Crippen LogP contribution < -0.4 is 11.3 Å². The molecule has 0 saturated heterocycles. The minimum Gasteiger partial charge on any atom is -0.409 e. The van der Waals surface area contributed by atoms with E-state index in [2.05, 4.69) is 31.9 Å². The number of rotatable bonds is 1. The van der Waals surface area contributed by atoms with Crippen LogP contribution >= 0.6 is 31.9 Å². The summed E-state index contributed by atoms with van der Waals surface area (Å²) in [7, 11) is 0. The number of aromatic nitrogens is 1. The average molecular weight is 397 g/mol. The van der Waals surface area contributed by atoms with Gasteiger partial charge in [0.1, 0.15) is 5.58 Å². The van der Waals surface area contributed by atoms with Crippen LogP contribution in [0.25, 0.3) is 16.7 Å². The molecule has 0 aliphatic rings. The fraction of sp³-hybridized carbons (Fsp3) is 0. The maximum atomic E-state index is 12.5. The zero-order valence-electron chi connectivity index (χ0n) is 9.97. The van der Waals surface area contributed by atoms with Gasteiger partial charge in [-0.25, -0.2) is 9.36 Å². The van der Waals surface area contributed by atoms with Gasteiger partial charge < -0.3 is 4.42 Å². The van der Waals surface area contributed by atoms with Crippen LogP contribution in [0.5, 0.6) is 0 Å². The molecule has 0 radical (unpaired) electrons. The Bertz CT molecular complexity index is 910. The van der Waals surface area contributed by atoms with E-state index in [1.54, 1.807) is 42.5 Å². The van der Waals surface area contributed by atoms with E-state index in [9.17, 15) is 9.59 Å². The van der Waals surface area contributed by atoms with Crippen LogP contribution in [0.2, 0.25) is 0 Å². The maximum Gasteiger partial charge on any atom is 0.426 e. The molecule has 20 heavy (non-hydrogen) atoms. The summed E-state index contributed by atoms with van der Waals surface area (Å²) < 4.78 is 7.81. The molecule has 3 aromatic rings. The van der Waals surface area contributed by atoms with Crippen molar-refractivity contribution in [3.8, 4) is 5.69 Å². The average Bonchev–Trinajstić information content (AvgIpc) is 2.42. The summed E-state index contributed by atoms with van der Waals surface area (Å²) in [6.45, 7) is 0. The van der Waals surface area contributed by atoms with Gasteiger partial charge in [0.2, 0.25) is 0 Å². The van der Waals surface area contributed by atoms with E-state index in [1.807, 2.05) is 0 Å². The third-order valence-corrected chi connectivity index (χ3v) is 3.86.